The molecule has 0 saturated heterocycles. The van der Waals surface area contributed by atoms with Crippen molar-refractivity contribution in [3.63, 3.8) is 0 Å². The number of methoxy groups -OCH3 is 2. The molecule has 0 bridgehead atoms. The zero-order valence-electron chi connectivity index (χ0n) is 21.0. The van der Waals surface area contributed by atoms with Gasteiger partial charge in [0.05, 0.1) is 25.7 Å². The Labute approximate surface area is 206 Å². The molecule has 1 saturated carbocycles. The van der Waals surface area contributed by atoms with Crippen LogP contribution in [0.25, 0.3) is 0 Å². The summed E-state index contributed by atoms with van der Waals surface area (Å²) in [6.07, 6.45) is 6.43. The number of ketones is 1. The van der Waals surface area contributed by atoms with Crippen LogP contribution in [0.2, 0.25) is 0 Å². The first-order valence-electron chi connectivity index (χ1n) is 12.5. The summed E-state index contributed by atoms with van der Waals surface area (Å²) in [6.45, 7) is 3.72. The Morgan fingerprint density at radius 1 is 1.03 bits per heavy atom. The molecule has 1 aromatic rings. The van der Waals surface area contributed by atoms with E-state index < -0.39 is 23.8 Å². The molecule has 1 N–H and O–H groups in total. The molecule has 1 heterocycles. The molecular formula is C28H35NO6. The minimum Gasteiger partial charge on any atom is -0.496 e. The number of ether oxygens (including phenoxy) is 3. The Kier molecular flexibility index (Phi) is 7.63. The van der Waals surface area contributed by atoms with Gasteiger partial charge in [-0.05, 0) is 51.0 Å². The zero-order chi connectivity index (χ0) is 25.1. The third-order valence-electron chi connectivity index (χ3n) is 7.49. The summed E-state index contributed by atoms with van der Waals surface area (Å²) in [5, 5.41) is 3.32. The van der Waals surface area contributed by atoms with E-state index in [9.17, 15) is 14.4 Å². The van der Waals surface area contributed by atoms with Crippen molar-refractivity contribution in [1.29, 1.82) is 0 Å². The Morgan fingerprint density at radius 2 is 1.71 bits per heavy atom. The van der Waals surface area contributed by atoms with Crippen molar-refractivity contribution in [3.05, 3.63) is 52.4 Å². The Balaban J connectivity index is 1.80. The average molecular weight is 482 g/mol. The second kappa shape index (κ2) is 10.7. The summed E-state index contributed by atoms with van der Waals surface area (Å²) in [5.74, 6) is -2.58. The fraction of sp³-hybridized carbons (Fsp3) is 0.536. The predicted molar refractivity (Wildman–Crippen MR) is 130 cm³/mol. The second-order valence-corrected chi connectivity index (χ2v) is 9.80. The number of rotatable bonds is 5. The molecule has 35 heavy (non-hydrogen) atoms. The van der Waals surface area contributed by atoms with Gasteiger partial charge in [-0.15, -0.1) is 0 Å². The van der Waals surface area contributed by atoms with E-state index in [-0.39, 0.29) is 17.8 Å². The highest BCUT2D eigenvalue weighted by Gasteiger charge is 2.48. The van der Waals surface area contributed by atoms with Gasteiger partial charge in [0.2, 0.25) is 0 Å². The van der Waals surface area contributed by atoms with Crippen molar-refractivity contribution in [2.45, 2.75) is 70.8 Å². The minimum atomic E-state index is -0.921. The van der Waals surface area contributed by atoms with E-state index in [0.29, 0.717) is 34.6 Å². The lowest BCUT2D eigenvalue weighted by molar-refractivity contribution is -0.151. The lowest BCUT2D eigenvalue weighted by Gasteiger charge is -2.38. The first kappa shape index (κ1) is 25.0. The summed E-state index contributed by atoms with van der Waals surface area (Å²) in [4.78, 5) is 40.1. The quantitative estimate of drug-likeness (QED) is 0.374. The van der Waals surface area contributed by atoms with Crippen molar-refractivity contribution in [3.8, 4) is 5.75 Å². The number of hydrogen-bond donors (Lipinski definition) is 1. The molecule has 0 amide bonds. The van der Waals surface area contributed by atoms with Crippen molar-refractivity contribution in [2.75, 3.05) is 14.2 Å². The molecule has 1 aromatic carbocycles. The standard InChI is InChI=1S/C28H35NO6/c1-16-15-20-25(26(30)22(16)27(31)34-4)24(19-13-9-10-14-21(19)33-3)23(17(2)29-20)28(32)35-18-11-7-5-6-8-12-18/h9-10,13-14,16,18,22,24,29H,5-8,11-12,15H2,1-4H3/t16-,22+,24+/m0/s1. The third kappa shape index (κ3) is 4.86. The van der Waals surface area contributed by atoms with E-state index in [4.69, 9.17) is 14.2 Å². The van der Waals surface area contributed by atoms with Gasteiger partial charge in [0, 0.05) is 22.5 Å². The Morgan fingerprint density at radius 3 is 2.37 bits per heavy atom. The summed E-state index contributed by atoms with van der Waals surface area (Å²) in [7, 11) is 2.86. The molecule has 1 aliphatic heterocycles. The van der Waals surface area contributed by atoms with Crippen LogP contribution in [-0.2, 0) is 23.9 Å². The van der Waals surface area contributed by atoms with Gasteiger partial charge in [0.25, 0.3) is 0 Å². The van der Waals surface area contributed by atoms with Gasteiger partial charge in [0.15, 0.2) is 5.78 Å². The highest BCUT2D eigenvalue weighted by Crippen LogP contribution is 2.47. The van der Waals surface area contributed by atoms with Gasteiger partial charge in [0.1, 0.15) is 17.8 Å². The van der Waals surface area contributed by atoms with E-state index in [1.807, 2.05) is 38.1 Å². The van der Waals surface area contributed by atoms with Crippen LogP contribution in [0, 0.1) is 11.8 Å². The Bertz CT molecular complexity index is 1060. The third-order valence-corrected chi connectivity index (χ3v) is 7.49. The number of esters is 2. The van der Waals surface area contributed by atoms with Crippen LogP contribution in [0.1, 0.15) is 70.3 Å². The van der Waals surface area contributed by atoms with Gasteiger partial charge in [-0.1, -0.05) is 38.0 Å². The van der Waals surface area contributed by atoms with E-state index in [1.54, 1.807) is 7.11 Å². The number of Topliss-reactive ketones (excluding diaryl/α,β-unsaturated/α-hetero) is 1. The second-order valence-electron chi connectivity index (χ2n) is 9.80. The summed E-state index contributed by atoms with van der Waals surface area (Å²) in [6, 6.07) is 7.39. The number of para-hydroxylation sites is 1. The molecule has 3 atom stereocenters. The lowest BCUT2D eigenvalue weighted by atomic mass is 9.69. The topological polar surface area (TPSA) is 90.9 Å². The molecule has 188 valence electrons. The maximum absolute atomic E-state index is 13.8. The minimum absolute atomic E-state index is 0.135. The molecule has 0 spiro atoms. The first-order valence-corrected chi connectivity index (χ1v) is 12.5. The molecule has 7 heteroatoms. The molecule has 0 radical (unpaired) electrons. The Hall–Kier alpha value is -3.09. The van der Waals surface area contributed by atoms with Crippen molar-refractivity contribution in [2.24, 2.45) is 11.8 Å². The molecule has 0 unspecified atom stereocenters. The van der Waals surface area contributed by atoms with Crippen LogP contribution in [0.5, 0.6) is 5.75 Å². The van der Waals surface area contributed by atoms with Gasteiger partial charge in [-0.25, -0.2) is 4.79 Å². The van der Waals surface area contributed by atoms with Crippen LogP contribution in [-0.4, -0.2) is 38.0 Å². The van der Waals surface area contributed by atoms with Crippen molar-refractivity contribution < 1.29 is 28.6 Å². The first-order chi connectivity index (χ1) is 16.9. The lowest BCUT2D eigenvalue weighted by Crippen LogP contribution is -2.43. The van der Waals surface area contributed by atoms with Gasteiger partial charge < -0.3 is 19.5 Å². The molecule has 0 aromatic heterocycles. The van der Waals surface area contributed by atoms with Crippen LogP contribution in [0.15, 0.2) is 46.8 Å². The van der Waals surface area contributed by atoms with Crippen LogP contribution < -0.4 is 10.1 Å². The molecule has 2 aliphatic carbocycles. The SMILES string of the molecule is COC(=O)[C@H]1C(=O)C2=C(C[C@@H]1C)NC(C)=C(C(=O)OC1CCCCCC1)[C@H]2c1ccccc1OC. The number of allylic oxidation sites excluding steroid dienone is 3. The van der Waals surface area contributed by atoms with Crippen LogP contribution >= 0.6 is 0 Å². The van der Waals surface area contributed by atoms with Crippen LogP contribution in [0.3, 0.4) is 0 Å². The normalized spacial score (nSPS) is 25.4. The summed E-state index contributed by atoms with van der Waals surface area (Å²) < 4.78 is 16.6. The highest BCUT2D eigenvalue weighted by molar-refractivity contribution is 6.12. The highest BCUT2D eigenvalue weighted by atomic mass is 16.5. The predicted octanol–water partition coefficient (Wildman–Crippen LogP) is 4.57. The molecule has 7 nitrogen and oxygen atoms in total. The summed E-state index contributed by atoms with van der Waals surface area (Å²) >= 11 is 0. The molecule has 1 fully saturated rings. The molecule has 4 rings (SSSR count). The van der Waals surface area contributed by atoms with Crippen LogP contribution in [0.4, 0.5) is 0 Å². The smallest absolute Gasteiger partial charge is 0.337 e. The van der Waals surface area contributed by atoms with Gasteiger partial charge in [-0.3, -0.25) is 9.59 Å². The van der Waals surface area contributed by atoms with Crippen molar-refractivity contribution >= 4 is 17.7 Å². The van der Waals surface area contributed by atoms with E-state index in [0.717, 1.165) is 44.2 Å². The van der Waals surface area contributed by atoms with Gasteiger partial charge in [-0.2, -0.15) is 0 Å². The number of nitrogens with one attached hydrogen (secondary N) is 1. The fourth-order valence-corrected chi connectivity index (χ4v) is 5.74. The number of dihydropyridines is 1. The average Bonchev–Trinajstić information content (AvgIpc) is 3.11. The van der Waals surface area contributed by atoms with Gasteiger partial charge >= 0.3 is 11.9 Å². The largest absolute Gasteiger partial charge is 0.496 e. The summed E-state index contributed by atoms with van der Waals surface area (Å²) in [5.41, 5.74) is 2.91. The van der Waals surface area contributed by atoms with Crippen molar-refractivity contribution in [1.82, 2.24) is 5.32 Å². The number of hydrogen-bond acceptors (Lipinski definition) is 7. The maximum Gasteiger partial charge on any atom is 0.337 e. The monoisotopic (exact) mass is 481 g/mol. The van der Waals surface area contributed by atoms with E-state index in [1.165, 1.54) is 7.11 Å². The fourth-order valence-electron chi connectivity index (χ4n) is 5.74. The zero-order valence-corrected chi connectivity index (χ0v) is 21.0. The number of benzene rings is 1. The maximum atomic E-state index is 13.8. The van der Waals surface area contributed by atoms with E-state index >= 15 is 0 Å². The molecular weight excluding hydrogens is 446 g/mol. The van der Waals surface area contributed by atoms with E-state index in [2.05, 4.69) is 5.32 Å². The number of carbonyl (C=O) groups is 3. The number of carbonyl (C=O) groups excluding carboxylic acids is 3. The molecule has 3 aliphatic rings.